The Morgan fingerprint density at radius 3 is 1.44 bits per heavy atom. The van der Waals surface area contributed by atoms with Crippen molar-refractivity contribution in [2.24, 2.45) is 0 Å². The van der Waals surface area contributed by atoms with Crippen LogP contribution in [0.25, 0.3) is 0 Å². The van der Waals surface area contributed by atoms with Crippen LogP contribution in [0.15, 0.2) is 48.5 Å². The van der Waals surface area contributed by atoms with Gasteiger partial charge in [-0.15, -0.1) is 0 Å². The molecule has 6 nitrogen and oxygen atoms in total. The molecule has 0 aliphatic rings. The van der Waals surface area contributed by atoms with Gasteiger partial charge in [0.1, 0.15) is 22.6 Å². The second-order valence-corrected chi connectivity index (χ2v) is 6.38. The molecule has 3 rings (SSSR count). The lowest BCUT2D eigenvalue weighted by atomic mass is 10.1. The number of rotatable bonds is 6. The minimum absolute atomic E-state index is 0.0697. The van der Waals surface area contributed by atoms with Crippen molar-refractivity contribution in [3.63, 3.8) is 0 Å². The van der Waals surface area contributed by atoms with Crippen molar-refractivity contribution in [1.82, 2.24) is 0 Å². The monoisotopic (exact) mass is 448 g/mol. The molecule has 0 radical (unpaired) electrons. The number of hydrogen-bond donors (Lipinski definition) is 2. The predicted molar refractivity (Wildman–Crippen MR) is 108 cm³/mol. The van der Waals surface area contributed by atoms with Crippen molar-refractivity contribution in [1.29, 1.82) is 0 Å². The zero-order chi connectivity index (χ0) is 23.4. The van der Waals surface area contributed by atoms with Crippen LogP contribution in [0, 0.1) is 23.3 Å². The number of ether oxygens (including phenoxy) is 2. The van der Waals surface area contributed by atoms with E-state index in [2.05, 4.69) is 10.6 Å². The SMILES string of the molecule is COc1cccc(NC(=O)c2c(F)c(F)c(F)c(C(=O)Nc3cccc(OC)c3)c2F)c1. The van der Waals surface area contributed by atoms with Crippen molar-refractivity contribution in [3.8, 4) is 11.5 Å². The van der Waals surface area contributed by atoms with E-state index in [1.54, 1.807) is 12.1 Å². The van der Waals surface area contributed by atoms with Crippen molar-refractivity contribution < 1.29 is 36.6 Å². The molecule has 3 aromatic rings. The second-order valence-electron chi connectivity index (χ2n) is 6.38. The summed E-state index contributed by atoms with van der Waals surface area (Å²) in [5.41, 5.74) is -2.77. The number of nitrogens with one attached hydrogen (secondary N) is 2. The first-order valence-corrected chi connectivity index (χ1v) is 9.03. The largest absolute Gasteiger partial charge is 0.497 e. The highest BCUT2D eigenvalue weighted by Gasteiger charge is 2.32. The van der Waals surface area contributed by atoms with Crippen molar-refractivity contribution in [2.45, 2.75) is 0 Å². The summed E-state index contributed by atoms with van der Waals surface area (Å²) in [7, 11) is 2.73. The summed E-state index contributed by atoms with van der Waals surface area (Å²) in [4.78, 5) is 24.9. The van der Waals surface area contributed by atoms with Gasteiger partial charge in [0.05, 0.1) is 14.2 Å². The van der Waals surface area contributed by atoms with Crippen LogP contribution >= 0.6 is 0 Å². The first-order valence-electron chi connectivity index (χ1n) is 9.03. The zero-order valence-corrected chi connectivity index (χ0v) is 16.8. The van der Waals surface area contributed by atoms with Gasteiger partial charge in [-0.25, -0.2) is 17.6 Å². The number of carbonyl (C=O) groups is 2. The molecule has 0 aliphatic carbocycles. The van der Waals surface area contributed by atoms with Gasteiger partial charge in [-0.1, -0.05) is 12.1 Å². The Morgan fingerprint density at radius 1 is 0.656 bits per heavy atom. The Balaban J connectivity index is 1.99. The molecule has 0 spiro atoms. The van der Waals surface area contributed by atoms with Gasteiger partial charge in [0.25, 0.3) is 11.8 Å². The van der Waals surface area contributed by atoms with Crippen molar-refractivity contribution >= 4 is 23.2 Å². The van der Waals surface area contributed by atoms with Crippen LogP contribution in [0.1, 0.15) is 20.7 Å². The Hall–Kier alpha value is -4.08. The van der Waals surface area contributed by atoms with Crippen LogP contribution in [0.2, 0.25) is 0 Å². The minimum atomic E-state index is -2.17. The van der Waals surface area contributed by atoms with Gasteiger partial charge in [0.15, 0.2) is 23.3 Å². The van der Waals surface area contributed by atoms with Crippen LogP contribution in [-0.2, 0) is 0 Å². The molecule has 2 N–H and O–H groups in total. The third-order valence-corrected chi connectivity index (χ3v) is 4.37. The molecular formula is C22H16F4N2O4. The van der Waals surface area contributed by atoms with Gasteiger partial charge < -0.3 is 20.1 Å². The first-order chi connectivity index (χ1) is 15.3. The molecule has 2 amide bonds. The Bertz CT molecular complexity index is 1110. The van der Waals surface area contributed by atoms with E-state index in [9.17, 15) is 27.2 Å². The summed E-state index contributed by atoms with van der Waals surface area (Å²) in [6.45, 7) is 0. The summed E-state index contributed by atoms with van der Waals surface area (Å²) < 4.78 is 67.7. The zero-order valence-electron chi connectivity index (χ0n) is 16.8. The number of carbonyl (C=O) groups excluding carboxylic acids is 2. The Labute approximate surface area is 179 Å². The van der Waals surface area contributed by atoms with Gasteiger partial charge in [0.2, 0.25) is 0 Å². The van der Waals surface area contributed by atoms with E-state index in [-0.39, 0.29) is 11.4 Å². The lowest BCUT2D eigenvalue weighted by Crippen LogP contribution is -2.24. The van der Waals surface area contributed by atoms with Gasteiger partial charge in [-0.2, -0.15) is 0 Å². The van der Waals surface area contributed by atoms with Crippen molar-refractivity contribution in [2.75, 3.05) is 24.9 Å². The maximum Gasteiger partial charge on any atom is 0.261 e. The second kappa shape index (κ2) is 9.38. The van der Waals surface area contributed by atoms with Crippen LogP contribution < -0.4 is 20.1 Å². The van der Waals surface area contributed by atoms with Gasteiger partial charge in [0, 0.05) is 23.5 Å². The topological polar surface area (TPSA) is 76.7 Å². The van der Waals surface area contributed by atoms with Gasteiger partial charge in [-0.3, -0.25) is 9.59 Å². The number of anilines is 2. The van der Waals surface area contributed by atoms with Crippen LogP contribution in [0.5, 0.6) is 11.5 Å². The molecule has 32 heavy (non-hydrogen) atoms. The minimum Gasteiger partial charge on any atom is -0.497 e. The summed E-state index contributed by atoms with van der Waals surface area (Å²) in [5.74, 6) is -10.4. The summed E-state index contributed by atoms with van der Waals surface area (Å²) in [5, 5.41) is 4.31. The predicted octanol–water partition coefficient (Wildman–Crippen LogP) is 4.76. The molecule has 0 saturated heterocycles. The highest BCUT2D eigenvalue weighted by molar-refractivity contribution is 6.09. The third-order valence-electron chi connectivity index (χ3n) is 4.37. The smallest absolute Gasteiger partial charge is 0.261 e. The van der Waals surface area contributed by atoms with E-state index in [1.165, 1.54) is 50.6 Å². The lowest BCUT2D eigenvalue weighted by Gasteiger charge is -2.13. The molecular weight excluding hydrogens is 432 g/mol. The van der Waals surface area contributed by atoms with E-state index in [4.69, 9.17) is 9.47 Å². The third kappa shape index (κ3) is 4.48. The molecule has 0 atom stereocenters. The van der Waals surface area contributed by atoms with Crippen molar-refractivity contribution in [3.05, 3.63) is 82.9 Å². The molecule has 0 unspecified atom stereocenters. The van der Waals surface area contributed by atoms with E-state index in [1.807, 2.05) is 0 Å². The lowest BCUT2D eigenvalue weighted by molar-refractivity contribution is 0.101. The van der Waals surface area contributed by atoms with E-state index < -0.39 is 46.2 Å². The molecule has 166 valence electrons. The Morgan fingerprint density at radius 2 is 1.06 bits per heavy atom. The first kappa shape index (κ1) is 22.6. The molecule has 0 fully saturated rings. The highest BCUT2D eigenvalue weighted by Crippen LogP contribution is 2.27. The van der Waals surface area contributed by atoms with Gasteiger partial charge >= 0.3 is 0 Å². The summed E-state index contributed by atoms with van der Waals surface area (Å²) in [6.07, 6.45) is 0. The highest BCUT2D eigenvalue weighted by atomic mass is 19.2. The fourth-order valence-electron chi connectivity index (χ4n) is 2.82. The fraction of sp³-hybridized carbons (Fsp3) is 0.0909. The number of halogens is 4. The number of methoxy groups -OCH3 is 2. The molecule has 0 heterocycles. The summed E-state index contributed by atoms with van der Waals surface area (Å²) in [6, 6.07) is 11.5. The van der Waals surface area contributed by atoms with E-state index in [0.29, 0.717) is 11.5 Å². The fourth-order valence-corrected chi connectivity index (χ4v) is 2.82. The van der Waals surface area contributed by atoms with Crippen LogP contribution in [0.3, 0.4) is 0 Å². The molecule has 0 aliphatic heterocycles. The molecule has 10 heteroatoms. The molecule has 0 bridgehead atoms. The molecule has 0 aromatic heterocycles. The standard InChI is InChI=1S/C22H16F4N2O4/c1-31-13-7-3-5-11(9-13)27-21(29)15-17(23)16(19(25)20(26)18(15)24)22(30)28-12-6-4-8-14(10-12)32-2/h3-10H,1-2H3,(H,27,29)(H,28,30). The maximum absolute atomic E-state index is 15.0. The average Bonchev–Trinajstić information content (AvgIpc) is 2.78. The Kier molecular flexibility index (Phi) is 6.62. The number of benzene rings is 3. The number of amides is 2. The quantitative estimate of drug-likeness (QED) is 0.324. The summed E-state index contributed by atoms with van der Waals surface area (Å²) >= 11 is 0. The molecule has 0 saturated carbocycles. The van der Waals surface area contributed by atoms with E-state index in [0.717, 1.165) is 0 Å². The van der Waals surface area contributed by atoms with Gasteiger partial charge in [-0.05, 0) is 24.3 Å². The normalized spacial score (nSPS) is 10.4. The maximum atomic E-state index is 15.0. The van der Waals surface area contributed by atoms with E-state index >= 15 is 0 Å². The van der Waals surface area contributed by atoms with Crippen LogP contribution in [-0.4, -0.2) is 26.0 Å². The molecule has 3 aromatic carbocycles. The van der Waals surface area contributed by atoms with Crippen LogP contribution in [0.4, 0.5) is 28.9 Å². The average molecular weight is 448 g/mol. The number of hydrogen-bond acceptors (Lipinski definition) is 4.